The van der Waals surface area contributed by atoms with Crippen molar-refractivity contribution in [3.63, 3.8) is 0 Å². The van der Waals surface area contributed by atoms with Crippen molar-refractivity contribution in [2.75, 3.05) is 12.1 Å². The van der Waals surface area contributed by atoms with E-state index < -0.39 is 17.9 Å². The number of carbonyl (C=O) groups is 2. The van der Waals surface area contributed by atoms with Gasteiger partial charge in [0.2, 0.25) is 6.79 Å². The molecule has 0 saturated heterocycles. The molecule has 2 aromatic carbocycles. The first kappa shape index (κ1) is 17.4. The highest BCUT2D eigenvalue weighted by molar-refractivity contribution is 6.45. The maximum Gasteiger partial charge on any atom is 0.313 e. The maximum absolute atomic E-state index is 12.1. The SMILES string of the molecule is CC(NC(=O)C(=O)Nc1cccc(Cl)c1Cl)c1ccc2c(c1)OCO2. The molecule has 2 amide bonds. The number of ether oxygens (including phenoxy) is 2. The lowest BCUT2D eigenvalue weighted by atomic mass is 10.1. The summed E-state index contributed by atoms with van der Waals surface area (Å²) in [7, 11) is 0. The van der Waals surface area contributed by atoms with E-state index in [2.05, 4.69) is 10.6 Å². The summed E-state index contributed by atoms with van der Waals surface area (Å²) in [5, 5.41) is 5.52. The summed E-state index contributed by atoms with van der Waals surface area (Å²) in [6.07, 6.45) is 0. The van der Waals surface area contributed by atoms with E-state index in [1.165, 1.54) is 0 Å². The topological polar surface area (TPSA) is 76.7 Å². The van der Waals surface area contributed by atoms with Crippen LogP contribution in [-0.4, -0.2) is 18.6 Å². The van der Waals surface area contributed by atoms with Crippen LogP contribution in [0.1, 0.15) is 18.5 Å². The highest BCUT2D eigenvalue weighted by atomic mass is 35.5. The number of rotatable bonds is 3. The highest BCUT2D eigenvalue weighted by Crippen LogP contribution is 2.34. The molecule has 0 spiro atoms. The molecule has 0 saturated carbocycles. The molecule has 2 aromatic rings. The Morgan fingerprint density at radius 1 is 1.08 bits per heavy atom. The van der Waals surface area contributed by atoms with Crippen LogP contribution >= 0.6 is 23.2 Å². The van der Waals surface area contributed by atoms with Crippen molar-refractivity contribution in [1.82, 2.24) is 5.32 Å². The Labute approximate surface area is 154 Å². The van der Waals surface area contributed by atoms with E-state index in [9.17, 15) is 9.59 Å². The first-order valence-electron chi connectivity index (χ1n) is 7.41. The minimum absolute atomic E-state index is 0.169. The monoisotopic (exact) mass is 380 g/mol. The summed E-state index contributed by atoms with van der Waals surface area (Å²) in [6.45, 7) is 1.93. The number of fused-ring (bicyclic) bond motifs is 1. The van der Waals surface area contributed by atoms with E-state index in [1.54, 1.807) is 43.3 Å². The van der Waals surface area contributed by atoms with Crippen LogP contribution in [0.3, 0.4) is 0 Å². The molecule has 1 heterocycles. The molecule has 1 unspecified atom stereocenters. The molecule has 1 aliphatic heterocycles. The van der Waals surface area contributed by atoms with Crippen molar-refractivity contribution >= 4 is 40.7 Å². The summed E-state index contributed by atoms with van der Waals surface area (Å²) < 4.78 is 10.5. The number of benzene rings is 2. The minimum Gasteiger partial charge on any atom is -0.454 e. The van der Waals surface area contributed by atoms with Crippen molar-refractivity contribution < 1.29 is 19.1 Å². The number of nitrogens with one attached hydrogen (secondary N) is 2. The molecule has 25 heavy (non-hydrogen) atoms. The van der Waals surface area contributed by atoms with E-state index >= 15 is 0 Å². The molecule has 3 rings (SSSR count). The lowest BCUT2D eigenvalue weighted by Crippen LogP contribution is -2.37. The molecular weight excluding hydrogens is 367 g/mol. The number of carbonyl (C=O) groups excluding carboxylic acids is 2. The minimum atomic E-state index is -0.836. The van der Waals surface area contributed by atoms with Crippen LogP contribution in [0.15, 0.2) is 36.4 Å². The Hall–Kier alpha value is -2.44. The number of hydrogen-bond donors (Lipinski definition) is 2. The van der Waals surface area contributed by atoms with Crippen molar-refractivity contribution in [3.8, 4) is 11.5 Å². The quantitative estimate of drug-likeness (QED) is 0.798. The lowest BCUT2D eigenvalue weighted by molar-refractivity contribution is -0.136. The van der Waals surface area contributed by atoms with Gasteiger partial charge in [-0.2, -0.15) is 0 Å². The normalized spacial score (nSPS) is 13.2. The van der Waals surface area contributed by atoms with E-state index in [1.807, 2.05) is 0 Å². The third kappa shape index (κ3) is 3.81. The standard InChI is InChI=1S/C17H14Cl2N2O4/c1-9(10-5-6-13-14(7-10)25-8-24-13)20-16(22)17(23)21-12-4-2-3-11(18)15(12)19/h2-7,9H,8H2,1H3,(H,20,22)(H,21,23). The van der Waals surface area contributed by atoms with Gasteiger partial charge in [-0.1, -0.05) is 35.3 Å². The molecule has 1 aliphatic rings. The van der Waals surface area contributed by atoms with Crippen molar-refractivity contribution in [2.24, 2.45) is 0 Å². The molecule has 8 heteroatoms. The lowest BCUT2D eigenvalue weighted by Gasteiger charge is -2.15. The van der Waals surface area contributed by atoms with Gasteiger partial charge in [0.15, 0.2) is 11.5 Å². The predicted octanol–water partition coefficient (Wildman–Crippen LogP) is 3.54. The zero-order valence-electron chi connectivity index (χ0n) is 13.1. The van der Waals surface area contributed by atoms with Crippen LogP contribution in [0.25, 0.3) is 0 Å². The van der Waals surface area contributed by atoms with Crippen molar-refractivity contribution in [3.05, 3.63) is 52.0 Å². The zero-order valence-corrected chi connectivity index (χ0v) is 14.6. The fraction of sp³-hybridized carbons (Fsp3) is 0.176. The summed E-state index contributed by atoms with van der Waals surface area (Å²) >= 11 is 11.9. The molecule has 0 aliphatic carbocycles. The smallest absolute Gasteiger partial charge is 0.313 e. The first-order chi connectivity index (χ1) is 12.0. The van der Waals surface area contributed by atoms with Crippen molar-refractivity contribution in [1.29, 1.82) is 0 Å². The second-order valence-corrected chi connectivity index (χ2v) is 6.15. The van der Waals surface area contributed by atoms with Gasteiger partial charge >= 0.3 is 11.8 Å². The number of hydrogen-bond acceptors (Lipinski definition) is 4. The maximum atomic E-state index is 12.1. The molecule has 0 radical (unpaired) electrons. The van der Waals surface area contributed by atoms with E-state index in [-0.39, 0.29) is 22.5 Å². The predicted molar refractivity (Wildman–Crippen MR) is 94.2 cm³/mol. The van der Waals surface area contributed by atoms with Gasteiger partial charge in [0.05, 0.1) is 21.8 Å². The van der Waals surface area contributed by atoms with E-state index in [0.717, 1.165) is 5.56 Å². The van der Waals surface area contributed by atoms with Crippen LogP contribution in [-0.2, 0) is 9.59 Å². The second kappa shape index (κ2) is 7.21. The average molecular weight is 381 g/mol. The van der Waals surface area contributed by atoms with E-state index in [0.29, 0.717) is 11.5 Å². The molecule has 6 nitrogen and oxygen atoms in total. The van der Waals surface area contributed by atoms with Crippen LogP contribution in [0.2, 0.25) is 10.0 Å². The highest BCUT2D eigenvalue weighted by Gasteiger charge is 2.20. The fourth-order valence-corrected chi connectivity index (χ4v) is 2.66. The zero-order chi connectivity index (χ0) is 18.0. The Kier molecular flexibility index (Phi) is 5.01. The Morgan fingerprint density at radius 3 is 2.64 bits per heavy atom. The molecule has 0 fully saturated rings. The van der Waals surface area contributed by atoms with Gasteiger partial charge in [-0.15, -0.1) is 0 Å². The summed E-state index contributed by atoms with van der Waals surface area (Å²) in [4.78, 5) is 24.2. The van der Waals surface area contributed by atoms with Crippen molar-refractivity contribution in [2.45, 2.75) is 13.0 Å². The van der Waals surface area contributed by atoms with E-state index in [4.69, 9.17) is 32.7 Å². The summed E-state index contributed by atoms with van der Waals surface area (Å²) in [5.74, 6) is -0.373. The Bertz CT molecular complexity index is 841. The van der Waals surface area contributed by atoms with Gasteiger partial charge in [-0.05, 0) is 36.8 Å². The molecule has 0 aromatic heterocycles. The Morgan fingerprint density at radius 2 is 1.84 bits per heavy atom. The second-order valence-electron chi connectivity index (χ2n) is 5.36. The van der Waals surface area contributed by atoms with Gasteiger partial charge in [-0.3, -0.25) is 9.59 Å². The van der Waals surface area contributed by atoms with Gasteiger partial charge < -0.3 is 20.1 Å². The van der Waals surface area contributed by atoms with Crippen LogP contribution < -0.4 is 20.1 Å². The van der Waals surface area contributed by atoms with Gasteiger partial charge in [0, 0.05) is 0 Å². The fourth-order valence-electron chi connectivity index (χ4n) is 2.31. The third-order valence-corrected chi connectivity index (χ3v) is 4.47. The molecule has 1 atom stereocenters. The number of amides is 2. The molecule has 2 N–H and O–H groups in total. The summed E-state index contributed by atoms with van der Waals surface area (Å²) in [6, 6.07) is 9.68. The van der Waals surface area contributed by atoms with Crippen LogP contribution in [0.5, 0.6) is 11.5 Å². The van der Waals surface area contributed by atoms with Gasteiger partial charge in [0.25, 0.3) is 0 Å². The van der Waals surface area contributed by atoms with Gasteiger partial charge in [-0.25, -0.2) is 0 Å². The Balaban J connectivity index is 1.65. The number of anilines is 1. The first-order valence-corrected chi connectivity index (χ1v) is 8.16. The average Bonchev–Trinajstić information content (AvgIpc) is 3.06. The van der Waals surface area contributed by atoms with Crippen LogP contribution in [0.4, 0.5) is 5.69 Å². The van der Waals surface area contributed by atoms with Gasteiger partial charge in [0.1, 0.15) is 0 Å². The molecule has 130 valence electrons. The molecule has 0 bridgehead atoms. The van der Waals surface area contributed by atoms with Crippen LogP contribution in [0, 0.1) is 0 Å². The largest absolute Gasteiger partial charge is 0.454 e. The summed E-state index contributed by atoms with van der Waals surface area (Å²) in [5.41, 5.74) is 1.05. The molecular formula is C17H14Cl2N2O4. The third-order valence-electron chi connectivity index (χ3n) is 3.65. The number of halogens is 2.